The molecule has 0 radical (unpaired) electrons. The molecular formula is C16H23ClN2O3. The molecular weight excluding hydrogens is 304 g/mol. The zero-order valence-electron chi connectivity index (χ0n) is 13.5. The van der Waals surface area contributed by atoms with Crippen LogP contribution in [0.2, 0.25) is 5.02 Å². The van der Waals surface area contributed by atoms with E-state index in [1.165, 1.54) is 0 Å². The lowest BCUT2D eigenvalue weighted by molar-refractivity contribution is -0.127. The predicted molar refractivity (Wildman–Crippen MR) is 87.5 cm³/mol. The molecule has 0 atom stereocenters. The van der Waals surface area contributed by atoms with Crippen molar-refractivity contribution in [2.45, 2.75) is 33.6 Å². The van der Waals surface area contributed by atoms with E-state index < -0.39 is 0 Å². The highest BCUT2D eigenvalue weighted by atomic mass is 35.5. The van der Waals surface area contributed by atoms with E-state index in [-0.39, 0.29) is 30.9 Å². The molecule has 5 nitrogen and oxygen atoms in total. The molecule has 0 unspecified atom stereocenters. The van der Waals surface area contributed by atoms with Gasteiger partial charge in [0.25, 0.3) is 5.91 Å². The summed E-state index contributed by atoms with van der Waals surface area (Å²) in [6.45, 7) is 8.11. The van der Waals surface area contributed by atoms with Crippen LogP contribution >= 0.6 is 11.6 Å². The third-order valence-electron chi connectivity index (χ3n) is 3.09. The molecule has 122 valence electrons. The van der Waals surface area contributed by atoms with E-state index >= 15 is 0 Å². The molecule has 1 rings (SSSR count). The minimum absolute atomic E-state index is 0.0489. The highest BCUT2D eigenvalue weighted by Crippen LogP contribution is 2.31. The molecule has 0 fully saturated rings. The van der Waals surface area contributed by atoms with E-state index in [9.17, 15) is 9.59 Å². The number of halogens is 1. The Morgan fingerprint density at radius 3 is 2.50 bits per heavy atom. The Bertz CT molecular complexity index is 544. The van der Waals surface area contributed by atoms with Gasteiger partial charge in [0, 0.05) is 11.6 Å². The van der Waals surface area contributed by atoms with Gasteiger partial charge in [-0.1, -0.05) is 25.4 Å². The van der Waals surface area contributed by atoms with E-state index in [2.05, 4.69) is 10.6 Å². The number of ether oxygens (including phenoxy) is 1. The van der Waals surface area contributed by atoms with Gasteiger partial charge in [0.15, 0.2) is 6.61 Å². The molecule has 0 aromatic heterocycles. The van der Waals surface area contributed by atoms with Crippen LogP contribution in [0.5, 0.6) is 5.75 Å². The fourth-order valence-electron chi connectivity index (χ4n) is 1.88. The largest absolute Gasteiger partial charge is 0.483 e. The summed E-state index contributed by atoms with van der Waals surface area (Å²) in [5.74, 6) is 0.311. The maximum absolute atomic E-state index is 11.7. The molecule has 0 aliphatic heterocycles. The lowest BCUT2D eigenvalue weighted by Crippen LogP contribution is -2.38. The number of hydrogen-bond donors (Lipinski definition) is 2. The predicted octanol–water partition coefficient (Wildman–Crippen LogP) is 2.40. The SMILES string of the molecule is CCNC(=O)CNC(=O)COc1cc(C)c(Cl)cc1C(C)C. The van der Waals surface area contributed by atoms with Crippen molar-refractivity contribution < 1.29 is 14.3 Å². The zero-order valence-corrected chi connectivity index (χ0v) is 14.2. The molecule has 0 saturated carbocycles. The van der Waals surface area contributed by atoms with Crippen LogP contribution in [0.3, 0.4) is 0 Å². The number of nitrogens with one attached hydrogen (secondary N) is 2. The molecule has 0 aliphatic rings. The number of hydrogen-bond acceptors (Lipinski definition) is 3. The van der Waals surface area contributed by atoms with Gasteiger partial charge in [0.2, 0.25) is 5.91 Å². The molecule has 0 saturated heterocycles. The average molecular weight is 327 g/mol. The molecule has 2 amide bonds. The third kappa shape index (κ3) is 5.56. The van der Waals surface area contributed by atoms with Crippen LogP contribution in [0.1, 0.15) is 37.8 Å². The Morgan fingerprint density at radius 1 is 1.23 bits per heavy atom. The minimum atomic E-state index is -0.339. The standard InChI is InChI=1S/C16H23ClN2O3/c1-5-18-15(20)8-19-16(21)9-22-14-6-11(4)13(17)7-12(14)10(2)3/h6-7,10H,5,8-9H2,1-4H3,(H,18,20)(H,19,21). The first-order valence-corrected chi connectivity index (χ1v) is 7.69. The van der Waals surface area contributed by atoms with Crippen LogP contribution in [0.25, 0.3) is 0 Å². The monoisotopic (exact) mass is 326 g/mol. The van der Waals surface area contributed by atoms with Crippen LogP contribution in [0.4, 0.5) is 0 Å². The average Bonchev–Trinajstić information content (AvgIpc) is 2.46. The van der Waals surface area contributed by atoms with Gasteiger partial charge < -0.3 is 15.4 Å². The van der Waals surface area contributed by atoms with Gasteiger partial charge >= 0.3 is 0 Å². The number of amides is 2. The van der Waals surface area contributed by atoms with Crippen LogP contribution in [-0.2, 0) is 9.59 Å². The van der Waals surface area contributed by atoms with Gasteiger partial charge in [-0.05, 0) is 43.0 Å². The third-order valence-corrected chi connectivity index (χ3v) is 3.50. The quantitative estimate of drug-likeness (QED) is 0.808. The maximum Gasteiger partial charge on any atom is 0.258 e. The summed E-state index contributed by atoms with van der Waals surface area (Å²) in [6, 6.07) is 3.69. The van der Waals surface area contributed by atoms with Gasteiger partial charge in [0.05, 0.1) is 6.54 Å². The van der Waals surface area contributed by atoms with E-state index in [4.69, 9.17) is 16.3 Å². The van der Waals surface area contributed by atoms with Crippen molar-refractivity contribution in [3.63, 3.8) is 0 Å². The first-order chi connectivity index (χ1) is 10.3. The first kappa shape index (κ1) is 18.3. The van der Waals surface area contributed by atoms with Crippen molar-refractivity contribution in [1.29, 1.82) is 0 Å². The molecule has 0 bridgehead atoms. The smallest absolute Gasteiger partial charge is 0.258 e. The van der Waals surface area contributed by atoms with Gasteiger partial charge in [0.1, 0.15) is 5.75 Å². The van der Waals surface area contributed by atoms with Crippen LogP contribution in [-0.4, -0.2) is 31.5 Å². The fourth-order valence-corrected chi connectivity index (χ4v) is 2.05. The summed E-state index contributed by atoms with van der Waals surface area (Å²) in [6.07, 6.45) is 0. The molecule has 2 N–H and O–H groups in total. The molecule has 1 aromatic carbocycles. The number of carbonyl (C=O) groups excluding carboxylic acids is 2. The molecule has 0 heterocycles. The topological polar surface area (TPSA) is 67.4 Å². The Hall–Kier alpha value is -1.75. The number of rotatable bonds is 7. The Morgan fingerprint density at radius 2 is 1.91 bits per heavy atom. The summed E-state index contributed by atoms with van der Waals surface area (Å²) in [7, 11) is 0. The van der Waals surface area contributed by atoms with Crippen molar-refractivity contribution in [2.24, 2.45) is 0 Å². The first-order valence-electron chi connectivity index (χ1n) is 7.31. The van der Waals surface area contributed by atoms with Gasteiger partial charge in [-0.25, -0.2) is 0 Å². The lowest BCUT2D eigenvalue weighted by Gasteiger charge is -2.15. The van der Waals surface area contributed by atoms with Crippen LogP contribution in [0.15, 0.2) is 12.1 Å². The second kappa shape index (κ2) is 8.63. The summed E-state index contributed by atoms with van der Waals surface area (Å²) in [5, 5.41) is 5.79. The maximum atomic E-state index is 11.7. The number of benzene rings is 1. The van der Waals surface area contributed by atoms with Gasteiger partial charge in [-0.2, -0.15) is 0 Å². The fraction of sp³-hybridized carbons (Fsp3) is 0.500. The van der Waals surface area contributed by atoms with E-state index in [0.29, 0.717) is 17.3 Å². The molecule has 22 heavy (non-hydrogen) atoms. The highest BCUT2D eigenvalue weighted by molar-refractivity contribution is 6.31. The lowest BCUT2D eigenvalue weighted by atomic mass is 10.0. The Balaban J connectivity index is 2.62. The zero-order chi connectivity index (χ0) is 16.7. The highest BCUT2D eigenvalue weighted by Gasteiger charge is 2.13. The van der Waals surface area contributed by atoms with Gasteiger partial charge in [-0.15, -0.1) is 0 Å². The van der Waals surface area contributed by atoms with Gasteiger partial charge in [-0.3, -0.25) is 9.59 Å². The second-order valence-electron chi connectivity index (χ2n) is 5.31. The molecule has 1 aromatic rings. The Labute approximate surface area is 136 Å². The van der Waals surface area contributed by atoms with Crippen molar-refractivity contribution in [2.75, 3.05) is 19.7 Å². The Kier molecular flexibility index (Phi) is 7.18. The molecule has 0 spiro atoms. The van der Waals surface area contributed by atoms with Crippen molar-refractivity contribution in [3.8, 4) is 5.75 Å². The van der Waals surface area contributed by atoms with Crippen molar-refractivity contribution in [3.05, 3.63) is 28.3 Å². The summed E-state index contributed by atoms with van der Waals surface area (Å²) < 4.78 is 5.59. The normalized spacial score (nSPS) is 10.5. The summed E-state index contributed by atoms with van der Waals surface area (Å²) in [5.41, 5.74) is 1.84. The van der Waals surface area contributed by atoms with Crippen molar-refractivity contribution >= 4 is 23.4 Å². The number of likely N-dealkylation sites (N-methyl/N-ethyl adjacent to an activating group) is 1. The summed E-state index contributed by atoms with van der Waals surface area (Å²) >= 11 is 6.13. The number of carbonyl (C=O) groups is 2. The van der Waals surface area contributed by atoms with E-state index in [1.807, 2.05) is 39.8 Å². The van der Waals surface area contributed by atoms with Crippen LogP contribution in [0, 0.1) is 6.92 Å². The second-order valence-corrected chi connectivity index (χ2v) is 5.72. The summed E-state index contributed by atoms with van der Waals surface area (Å²) in [4.78, 5) is 23.0. The number of aryl methyl sites for hydroxylation is 1. The molecule has 0 aliphatic carbocycles. The van der Waals surface area contributed by atoms with Crippen LogP contribution < -0.4 is 15.4 Å². The minimum Gasteiger partial charge on any atom is -0.483 e. The molecule has 6 heteroatoms. The van der Waals surface area contributed by atoms with E-state index in [1.54, 1.807) is 0 Å². The van der Waals surface area contributed by atoms with Crippen molar-refractivity contribution in [1.82, 2.24) is 10.6 Å². The van der Waals surface area contributed by atoms with E-state index in [0.717, 1.165) is 11.1 Å².